The van der Waals surface area contributed by atoms with Gasteiger partial charge in [-0.3, -0.25) is 14.5 Å². The Balaban J connectivity index is 1.67. The van der Waals surface area contributed by atoms with Crippen LogP contribution in [-0.2, 0) is 16.1 Å². The first kappa shape index (κ1) is 23.0. The maximum atomic E-state index is 14.3. The van der Waals surface area contributed by atoms with Gasteiger partial charge < -0.3 is 14.5 Å². The Morgan fingerprint density at radius 1 is 0.909 bits per heavy atom. The molecule has 1 saturated heterocycles. The van der Waals surface area contributed by atoms with Crippen molar-refractivity contribution in [1.82, 2.24) is 14.7 Å². The summed E-state index contributed by atoms with van der Waals surface area (Å²) in [5.41, 5.74) is 1.78. The maximum Gasteiger partial charge on any atom is 0.278 e. The molecule has 0 saturated carbocycles. The van der Waals surface area contributed by atoms with Gasteiger partial charge in [-0.1, -0.05) is 44.2 Å². The van der Waals surface area contributed by atoms with Gasteiger partial charge >= 0.3 is 0 Å². The predicted octanol–water partition coefficient (Wildman–Crippen LogP) is 3.53. The van der Waals surface area contributed by atoms with Crippen LogP contribution in [0.25, 0.3) is 5.57 Å². The number of hydrogen-bond donors (Lipinski definition) is 0. The molecule has 2 aliphatic rings. The quantitative estimate of drug-likeness (QED) is 0.575. The molecule has 0 unspecified atom stereocenters. The first-order valence-corrected chi connectivity index (χ1v) is 11.6. The number of piperazine rings is 1. The number of imide groups is 1. The van der Waals surface area contributed by atoms with Crippen LogP contribution in [0, 0.1) is 5.82 Å². The van der Waals surface area contributed by atoms with E-state index in [9.17, 15) is 14.0 Å². The van der Waals surface area contributed by atoms with Gasteiger partial charge in [0.05, 0.1) is 18.7 Å². The van der Waals surface area contributed by atoms with Gasteiger partial charge in [-0.2, -0.15) is 0 Å². The Hall–Kier alpha value is -3.19. The number of carbonyl (C=O) groups is 2. The fraction of sp³-hybridized carbons (Fsp3) is 0.385. The SMILES string of the molecule is CCCOc1ccc(C2=C(N3CCN(CC)CC3)C(=O)N(Cc3ccccc3F)C2=O)cc1. The van der Waals surface area contributed by atoms with Crippen molar-refractivity contribution in [3.8, 4) is 5.75 Å². The Bertz CT molecular complexity index is 1040. The lowest BCUT2D eigenvalue weighted by Gasteiger charge is -2.36. The molecule has 2 aliphatic heterocycles. The lowest BCUT2D eigenvalue weighted by Crippen LogP contribution is -2.47. The molecule has 1 fully saturated rings. The fourth-order valence-corrected chi connectivity index (χ4v) is 4.28. The minimum Gasteiger partial charge on any atom is -0.494 e. The van der Waals surface area contributed by atoms with E-state index in [1.807, 2.05) is 36.1 Å². The molecule has 2 heterocycles. The van der Waals surface area contributed by atoms with Gasteiger partial charge in [-0.05, 0) is 36.7 Å². The monoisotopic (exact) mass is 451 g/mol. The Morgan fingerprint density at radius 2 is 1.61 bits per heavy atom. The third-order valence-corrected chi connectivity index (χ3v) is 6.18. The van der Waals surface area contributed by atoms with E-state index in [4.69, 9.17) is 4.74 Å². The second kappa shape index (κ2) is 10.2. The topological polar surface area (TPSA) is 53.1 Å². The van der Waals surface area contributed by atoms with Crippen LogP contribution in [0.4, 0.5) is 4.39 Å². The number of rotatable bonds is 8. The minimum atomic E-state index is -0.429. The highest BCUT2D eigenvalue weighted by Gasteiger charge is 2.42. The minimum absolute atomic E-state index is 0.0933. The molecule has 7 heteroatoms. The normalized spacial score (nSPS) is 17.3. The molecule has 0 aromatic heterocycles. The van der Waals surface area contributed by atoms with Crippen molar-refractivity contribution in [2.24, 2.45) is 0 Å². The van der Waals surface area contributed by atoms with Crippen molar-refractivity contribution in [2.75, 3.05) is 39.3 Å². The zero-order valence-electron chi connectivity index (χ0n) is 19.2. The molecule has 0 aliphatic carbocycles. The van der Waals surface area contributed by atoms with Crippen LogP contribution in [0.3, 0.4) is 0 Å². The lowest BCUT2D eigenvalue weighted by atomic mass is 10.0. The molecule has 2 aromatic rings. The van der Waals surface area contributed by atoms with Gasteiger partial charge in [0.2, 0.25) is 0 Å². The first-order valence-electron chi connectivity index (χ1n) is 11.6. The summed E-state index contributed by atoms with van der Waals surface area (Å²) in [7, 11) is 0. The number of hydrogen-bond acceptors (Lipinski definition) is 5. The Labute approximate surface area is 194 Å². The van der Waals surface area contributed by atoms with Crippen molar-refractivity contribution in [3.05, 3.63) is 71.2 Å². The molecule has 0 spiro atoms. The average Bonchev–Trinajstić information content (AvgIpc) is 3.09. The van der Waals surface area contributed by atoms with Crippen LogP contribution in [0.15, 0.2) is 54.2 Å². The molecule has 6 nitrogen and oxygen atoms in total. The average molecular weight is 452 g/mol. The summed E-state index contributed by atoms with van der Waals surface area (Å²) in [5, 5.41) is 0. The molecule has 0 radical (unpaired) electrons. The summed E-state index contributed by atoms with van der Waals surface area (Å²) in [6, 6.07) is 13.5. The summed E-state index contributed by atoms with van der Waals surface area (Å²) in [5.74, 6) is -0.464. The molecule has 33 heavy (non-hydrogen) atoms. The van der Waals surface area contributed by atoms with E-state index >= 15 is 0 Å². The second-order valence-corrected chi connectivity index (χ2v) is 8.31. The number of carbonyl (C=O) groups excluding carboxylic acids is 2. The molecule has 4 rings (SSSR count). The van der Waals surface area contributed by atoms with E-state index in [1.165, 1.54) is 6.07 Å². The summed E-state index contributed by atoms with van der Waals surface area (Å²) in [6.45, 7) is 8.60. The number of benzene rings is 2. The highest BCUT2D eigenvalue weighted by Crippen LogP contribution is 2.34. The molecular formula is C26H30FN3O3. The van der Waals surface area contributed by atoms with Crippen LogP contribution in [-0.4, -0.2) is 65.8 Å². The van der Waals surface area contributed by atoms with Crippen LogP contribution < -0.4 is 4.74 Å². The van der Waals surface area contributed by atoms with Crippen molar-refractivity contribution in [1.29, 1.82) is 0 Å². The first-order chi connectivity index (χ1) is 16.0. The van der Waals surface area contributed by atoms with E-state index < -0.39 is 11.7 Å². The van der Waals surface area contributed by atoms with Crippen LogP contribution in [0.5, 0.6) is 5.75 Å². The summed E-state index contributed by atoms with van der Waals surface area (Å²) in [4.78, 5) is 32.5. The molecule has 0 atom stereocenters. The van der Waals surface area contributed by atoms with Crippen molar-refractivity contribution < 1.29 is 18.7 Å². The number of ether oxygens (including phenoxy) is 1. The van der Waals surface area contributed by atoms with E-state index in [0.29, 0.717) is 42.1 Å². The highest BCUT2D eigenvalue weighted by molar-refractivity contribution is 6.35. The molecular weight excluding hydrogens is 421 g/mol. The third-order valence-electron chi connectivity index (χ3n) is 6.18. The summed E-state index contributed by atoms with van der Waals surface area (Å²) in [6.07, 6.45) is 0.902. The number of nitrogens with zero attached hydrogens (tertiary/aromatic N) is 3. The zero-order valence-corrected chi connectivity index (χ0v) is 19.2. The summed E-state index contributed by atoms with van der Waals surface area (Å²) < 4.78 is 20.0. The van der Waals surface area contributed by atoms with Gasteiger partial charge in [0.25, 0.3) is 11.8 Å². The van der Waals surface area contributed by atoms with Crippen molar-refractivity contribution in [3.63, 3.8) is 0 Å². The largest absolute Gasteiger partial charge is 0.494 e. The lowest BCUT2D eigenvalue weighted by molar-refractivity contribution is -0.138. The molecule has 0 bridgehead atoms. The predicted molar refractivity (Wildman–Crippen MR) is 125 cm³/mol. The zero-order chi connectivity index (χ0) is 23.4. The summed E-state index contributed by atoms with van der Waals surface area (Å²) >= 11 is 0. The fourth-order valence-electron chi connectivity index (χ4n) is 4.28. The van der Waals surface area contributed by atoms with Crippen LogP contribution in [0.1, 0.15) is 31.4 Å². The van der Waals surface area contributed by atoms with E-state index in [0.717, 1.165) is 36.7 Å². The van der Waals surface area contributed by atoms with Crippen molar-refractivity contribution in [2.45, 2.75) is 26.8 Å². The molecule has 2 amide bonds. The van der Waals surface area contributed by atoms with Crippen molar-refractivity contribution >= 4 is 17.4 Å². The van der Waals surface area contributed by atoms with Crippen LogP contribution in [0.2, 0.25) is 0 Å². The van der Waals surface area contributed by atoms with Gasteiger partial charge in [0.1, 0.15) is 17.3 Å². The number of likely N-dealkylation sites (N-methyl/N-ethyl adjacent to an activating group) is 1. The van der Waals surface area contributed by atoms with E-state index in [1.54, 1.807) is 18.2 Å². The maximum absolute atomic E-state index is 14.3. The van der Waals surface area contributed by atoms with E-state index in [-0.39, 0.29) is 12.5 Å². The van der Waals surface area contributed by atoms with Gasteiger partial charge in [-0.25, -0.2) is 4.39 Å². The van der Waals surface area contributed by atoms with Gasteiger partial charge in [0, 0.05) is 31.7 Å². The van der Waals surface area contributed by atoms with Crippen LogP contribution >= 0.6 is 0 Å². The van der Waals surface area contributed by atoms with E-state index in [2.05, 4.69) is 11.8 Å². The molecule has 0 N–H and O–H groups in total. The smallest absolute Gasteiger partial charge is 0.278 e. The highest BCUT2D eigenvalue weighted by atomic mass is 19.1. The van der Waals surface area contributed by atoms with Gasteiger partial charge in [0.15, 0.2) is 0 Å². The Kier molecular flexibility index (Phi) is 7.08. The van der Waals surface area contributed by atoms with Gasteiger partial charge in [-0.15, -0.1) is 0 Å². The second-order valence-electron chi connectivity index (χ2n) is 8.31. The standard InChI is InChI=1S/C26H30FN3O3/c1-3-17-33-21-11-9-19(10-12-21)23-24(29-15-13-28(4-2)14-16-29)26(32)30(25(23)31)18-20-7-5-6-8-22(20)27/h5-12H,3-4,13-18H2,1-2H3. The molecule has 174 valence electrons. The Morgan fingerprint density at radius 3 is 2.24 bits per heavy atom. The third kappa shape index (κ3) is 4.78. The number of halogens is 1. The number of amides is 2. The molecule has 2 aromatic carbocycles.